The first-order chi connectivity index (χ1) is 9.78. The molecule has 0 saturated carbocycles. The minimum atomic E-state index is -0.0485. The summed E-state index contributed by atoms with van der Waals surface area (Å²) in [5, 5.41) is 3.39. The van der Waals surface area contributed by atoms with E-state index in [-0.39, 0.29) is 5.56 Å². The smallest absolute Gasteiger partial charge is 0.258 e. The van der Waals surface area contributed by atoms with Gasteiger partial charge in [0.25, 0.3) is 5.56 Å². The quantitative estimate of drug-likeness (QED) is 0.914. The van der Waals surface area contributed by atoms with E-state index in [4.69, 9.17) is 4.74 Å². The molecule has 3 heterocycles. The van der Waals surface area contributed by atoms with Gasteiger partial charge in [0.1, 0.15) is 0 Å². The summed E-state index contributed by atoms with van der Waals surface area (Å²) in [5.74, 6) is 1.20. The van der Waals surface area contributed by atoms with Gasteiger partial charge >= 0.3 is 0 Å². The van der Waals surface area contributed by atoms with Crippen molar-refractivity contribution < 1.29 is 4.74 Å². The first-order valence-electron chi connectivity index (χ1n) is 7.04. The van der Waals surface area contributed by atoms with Crippen molar-refractivity contribution in [3.63, 3.8) is 0 Å². The molecule has 0 bridgehead atoms. The van der Waals surface area contributed by atoms with Gasteiger partial charge in [-0.05, 0) is 50.4 Å². The molecule has 5 nitrogen and oxygen atoms in total. The molecule has 1 atom stereocenters. The van der Waals surface area contributed by atoms with E-state index in [0.717, 1.165) is 25.2 Å². The molecule has 1 aliphatic heterocycles. The highest BCUT2D eigenvalue weighted by atomic mass is 16.5. The summed E-state index contributed by atoms with van der Waals surface area (Å²) >= 11 is 0. The Hall–Kier alpha value is -1.88. The minimum absolute atomic E-state index is 0.0485. The molecule has 0 spiro atoms. The molecular formula is C15H19N3O2. The number of hydrogen-bond donors (Lipinski definition) is 1. The van der Waals surface area contributed by atoms with E-state index in [2.05, 4.69) is 10.3 Å². The first kappa shape index (κ1) is 13.1. The van der Waals surface area contributed by atoms with Crippen molar-refractivity contribution in [2.24, 2.45) is 5.92 Å². The van der Waals surface area contributed by atoms with Crippen molar-refractivity contribution in [3.8, 4) is 5.75 Å². The molecular weight excluding hydrogens is 254 g/mol. The SMILES string of the molecule is COc1cccn2c(=O)cc(CC3CCCNC3)nc12. The Morgan fingerprint density at radius 3 is 3.20 bits per heavy atom. The zero-order chi connectivity index (χ0) is 13.9. The zero-order valence-electron chi connectivity index (χ0n) is 11.6. The highest BCUT2D eigenvalue weighted by molar-refractivity contribution is 5.53. The number of fused-ring (bicyclic) bond motifs is 1. The Labute approximate surface area is 117 Å². The largest absolute Gasteiger partial charge is 0.493 e. The second kappa shape index (κ2) is 5.63. The van der Waals surface area contributed by atoms with E-state index in [0.29, 0.717) is 17.3 Å². The third kappa shape index (κ3) is 2.54. The normalized spacial score (nSPS) is 19.1. The molecule has 3 rings (SSSR count). The number of rotatable bonds is 3. The fraction of sp³-hybridized carbons (Fsp3) is 0.467. The van der Waals surface area contributed by atoms with Gasteiger partial charge in [-0.1, -0.05) is 0 Å². The molecule has 5 heteroatoms. The Kier molecular flexibility index (Phi) is 3.69. The lowest BCUT2D eigenvalue weighted by Gasteiger charge is -2.22. The summed E-state index contributed by atoms with van der Waals surface area (Å²) in [6, 6.07) is 5.26. The molecule has 2 aromatic heterocycles. The van der Waals surface area contributed by atoms with Crippen LogP contribution in [0.1, 0.15) is 18.5 Å². The first-order valence-corrected chi connectivity index (χ1v) is 7.04. The van der Waals surface area contributed by atoms with Crippen LogP contribution in [0, 0.1) is 5.92 Å². The van der Waals surface area contributed by atoms with Gasteiger partial charge in [0.2, 0.25) is 0 Å². The lowest BCUT2D eigenvalue weighted by Crippen LogP contribution is -2.31. The molecule has 1 unspecified atom stereocenters. The maximum absolute atomic E-state index is 12.2. The second-order valence-corrected chi connectivity index (χ2v) is 5.27. The molecule has 0 radical (unpaired) electrons. The van der Waals surface area contributed by atoms with Crippen molar-refractivity contribution >= 4 is 5.65 Å². The average molecular weight is 273 g/mol. The van der Waals surface area contributed by atoms with Crippen LogP contribution < -0.4 is 15.6 Å². The second-order valence-electron chi connectivity index (χ2n) is 5.27. The molecule has 0 amide bonds. The summed E-state index contributed by atoms with van der Waals surface area (Å²) in [4.78, 5) is 16.8. The third-order valence-corrected chi connectivity index (χ3v) is 3.83. The van der Waals surface area contributed by atoms with Gasteiger partial charge in [-0.2, -0.15) is 0 Å². The van der Waals surface area contributed by atoms with Crippen LogP contribution in [-0.4, -0.2) is 29.6 Å². The molecule has 1 saturated heterocycles. The number of nitrogens with one attached hydrogen (secondary N) is 1. The van der Waals surface area contributed by atoms with Gasteiger partial charge in [-0.25, -0.2) is 4.98 Å². The number of ether oxygens (including phenoxy) is 1. The van der Waals surface area contributed by atoms with Crippen molar-refractivity contribution in [1.82, 2.24) is 14.7 Å². The molecule has 0 aromatic carbocycles. The van der Waals surface area contributed by atoms with E-state index in [1.54, 1.807) is 25.4 Å². The zero-order valence-corrected chi connectivity index (χ0v) is 11.6. The maximum Gasteiger partial charge on any atom is 0.258 e. The molecule has 1 fully saturated rings. The summed E-state index contributed by atoms with van der Waals surface area (Å²) in [7, 11) is 1.60. The van der Waals surface area contributed by atoms with Crippen molar-refractivity contribution in [3.05, 3.63) is 40.4 Å². The molecule has 2 aromatic rings. The van der Waals surface area contributed by atoms with Crippen LogP contribution in [0.5, 0.6) is 5.75 Å². The predicted molar refractivity (Wildman–Crippen MR) is 77.3 cm³/mol. The van der Waals surface area contributed by atoms with Crippen LogP contribution >= 0.6 is 0 Å². The van der Waals surface area contributed by atoms with Crippen LogP contribution in [0.4, 0.5) is 0 Å². The van der Waals surface area contributed by atoms with Crippen molar-refractivity contribution in [2.75, 3.05) is 20.2 Å². The van der Waals surface area contributed by atoms with Gasteiger partial charge < -0.3 is 10.1 Å². The summed E-state index contributed by atoms with van der Waals surface area (Å²) in [5.41, 5.74) is 1.40. The van der Waals surface area contributed by atoms with Gasteiger partial charge in [0, 0.05) is 18.0 Å². The molecule has 0 aliphatic carbocycles. The Morgan fingerprint density at radius 1 is 1.55 bits per heavy atom. The third-order valence-electron chi connectivity index (χ3n) is 3.83. The van der Waals surface area contributed by atoms with Crippen LogP contribution in [0.25, 0.3) is 5.65 Å². The monoisotopic (exact) mass is 273 g/mol. The van der Waals surface area contributed by atoms with E-state index < -0.39 is 0 Å². The van der Waals surface area contributed by atoms with Crippen LogP contribution in [0.15, 0.2) is 29.2 Å². The molecule has 1 N–H and O–H groups in total. The standard InChI is InChI=1S/C15H19N3O2/c1-20-13-5-3-7-18-14(19)9-12(17-15(13)18)8-11-4-2-6-16-10-11/h3,5,7,9,11,16H,2,4,6,8,10H2,1H3. The van der Waals surface area contributed by atoms with E-state index >= 15 is 0 Å². The van der Waals surface area contributed by atoms with Crippen molar-refractivity contribution in [1.29, 1.82) is 0 Å². The maximum atomic E-state index is 12.2. The van der Waals surface area contributed by atoms with Gasteiger partial charge in [0.05, 0.1) is 7.11 Å². The number of hydrogen-bond acceptors (Lipinski definition) is 4. The van der Waals surface area contributed by atoms with E-state index in [9.17, 15) is 4.79 Å². The fourth-order valence-corrected chi connectivity index (χ4v) is 2.81. The van der Waals surface area contributed by atoms with Crippen LogP contribution in [0.2, 0.25) is 0 Å². The number of nitrogens with zero attached hydrogens (tertiary/aromatic N) is 2. The number of piperidine rings is 1. The topological polar surface area (TPSA) is 55.6 Å². The van der Waals surface area contributed by atoms with E-state index in [1.165, 1.54) is 17.2 Å². The molecule has 20 heavy (non-hydrogen) atoms. The Bertz CT molecular complexity index is 660. The average Bonchev–Trinajstić information content (AvgIpc) is 2.48. The fourth-order valence-electron chi connectivity index (χ4n) is 2.81. The molecule has 1 aliphatic rings. The number of methoxy groups -OCH3 is 1. The van der Waals surface area contributed by atoms with Gasteiger partial charge in [-0.15, -0.1) is 0 Å². The predicted octanol–water partition coefficient (Wildman–Crippen LogP) is 1.25. The lowest BCUT2D eigenvalue weighted by atomic mass is 9.94. The number of aromatic nitrogens is 2. The number of pyridine rings is 1. The summed E-state index contributed by atoms with van der Waals surface area (Å²) in [6.07, 6.45) is 4.95. The minimum Gasteiger partial charge on any atom is -0.493 e. The van der Waals surface area contributed by atoms with Crippen LogP contribution in [0.3, 0.4) is 0 Å². The summed E-state index contributed by atoms with van der Waals surface area (Å²) < 4.78 is 6.82. The van der Waals surface area contributed by atoms with Gasteiger partial charge in [-0.3, -0.25) is 9.20 Å². The van der Waals surface area contributed by atoms with E-state index in [1.807, 2.05) is 6.07 Å². The summed E-state index contributed by atoms with van der Waals surface area (Å²) in [6.45, 7) is 2.10. The highest BCUT2D eigenvalue weighted by Gasteiger charge is 2.15. The van der Waals surface area contributed by atoms with Crippen molar-refractivity contribution in [2.45, 2.75) is 19.3 Å². The molecule has 106 valence electrons. The highest BCUT2D eigenvalue weighted by Crippen LogP contribution is 2.18. The lowest BCUT2D eigenvalue weighted by molar-refractivity contribution is 0.373. The Morgan fingerprint density at radius 2 is 2.45 bits per heavy atom. The Balaban J connectivity index is 1.97. The van der Waals surface area contributed by atoms with Gasteiger partial charge in [0.15, 0.2) is 11.4 Å². The van der Waals surface area contributed by atoms with Crippen LogP contribution in [-0.2, 0) is 6.42 Å².